The molecule has 0 aromatic heterocycles. The quantitative estimate of drug-likeness (QED) is 0.610. The molecule has 0 radical (unpaired) electrons. The summed E-state index contributed by atoms with van der Waals surface area (Å²) in [7, 11) is 2.15. The average molecular weight is 168 g/mol. The fourth-order valence-electron chi connectivity index (χ4n) is 1.02. The number of benzene rings is 1. The van der Waals surface area contributed by atoms with Crippen LogP contribution in [0.2, 0.25) is 0 Å². The van der Waals surface area contributed by atoms with Gasteiger partial charge in [0, 0.05) is 6.07 Å². The molecule has 0 spiro atoms. The van der Waals surface area contributed by atoms with E-state index < -0.39 is 0 Å². The standard InChI is InChI=1S/C9H13NS/c1-3-10(2)8-6-4-5-7-9(8)11/h4-7,11H,3H2,1-2H3/p+1. The van der Waals surface area contributed by atoms with Crippen molar-refractivity contribution < 1.29 is 4.90 Å². The first kappa shape index (κ1) is 8.62. The smallest absolute Gasteiger partial charge is 0.144 e. The molecule has 0 saturated carbocycles. The maximum atomic E-state index is 4.37. The third kappa shape index (κ3) is 1.98. The number of thiol groups is 1. The third-order valence-electron chi connectivity index (χ3n) is 1.89. The van der Waals surface area contributed by atoms with Crippen molar-refractivity contribution >= 4 is 18.3 Å². The van der Waals surface area contributed by atoms with Gasteiger partial charge in [-0.1, -0.05) is 12.1 Å². The fraction of sp³-hybridized carbons (Fsp3) is 0.333. The molecule has 2 heteroatoms. The second kappa shape index (κ2) is 3.79. The highest BCUT2D eigenvalue weighted by atomic mass is 32.1. The Balaban J connectivity index is 2.93. The zero-order valence-electron chi connectivity index (χ0n) is 6.96. The van der Waals surface area contributed by atoms with Gasteiger partial charge in [-0.25, -0.2) is 0 Å². The van der Waals surface area contributed by atoms with Crippen LogP contribution < -0.4 is 4.90 Å². The van der Waals surface area contributed by atoms with Gasteiger partial charge in [-0.2, -0.15) is 0 Å². The first-order valence-electron chi connectivity index (χ1n) is 3.86. The van der Waals surface area contributed by atoms with Crippen molar-refractivity contribution in [2.45, 2.75) is 11.8 Å². The van der Waals surface area contributed by atoms with E-state index in [-0.39, 0.29) is 0 Å². The summed E-state index contributed by atoms with van der Waals surface area (Å²) in [5.41, 5.74) is 1.28. The lowest BCUT2D eigenvalue weighted by molar-refractivity contribution is -0.809. The summed E-state index contributed by atoms with van der Waals surface area (Å²) < 4.78 is 0. The van der Waals surface area contributed by atoms with Crippen molar-refractivity contribution in [3.05, 3.63) is 24.3 Å². The topological polar surface area (TPSA) is 4.44 Å². The summed E-state index contributed by atoms with van der Waals surface area (Å²) >= 11 is 4.37. The highest BCUT2D eigenvalue weighted by Crippen LogP contribution is 2.13. The summed E-state index contributed by atoms with van der Waals surface area (Å²) in [6.07, 6.45) is 0. The SMILES string of the molecule is CC[NH+](C)c1ccccc1S. The summed E-state index contributed by atoms with van der Waals surface area (Å²) in [4.78, 5) is 2.47. The highest BCUT2D eigenvalue weighted by Gasteiger charge is 2.05. The number of nitrogens with one attached hydrogen (secondary N) is 1. The average Bonchev–Trinajstić information content (AvgIpc) is 2.04. The van der Waals surface area contributed by atoms with Crippen LogP contribution in [0, 0.1) is 0 Å². The zero-order chi connectivity index (χ0) is 8.27. The van der Waals surface area contributed by atoms with E-state index in [1.54, 1.807) is 0 Å². The number of hydrogen-bond acceptors (Lipinski definition) is 1. The predicted octanol–water partition coefficient (Wildman–Crippen LogP) is 1.14. The molecule has 1 unspecified atom stereocenters. The molecule has 0 bridgehead atoms. The Kier molecular flexibility index (Phi) is 2.97. The van der Waals surface area contributed by atoms with E-state index in [9.17, 15) is 0 Å². The first-order valence-corrected chi connectivity index (χ1v) is 4.31. The van der Waals surface area contributed by atoms with Crippen molar-refractivity contribution in [3.8, 4) is 0 Å². The molecule has 0 saturated heterocycles. The van der Waals surface area contributed by atoms with Gasteiger partial charge >= 0.3 is 0 Å². The van der Waals surface area contributed by atoms with Crippen LogP contribution in [0.15, 0.2) is 29.2 Å². The summed E-state index contributed by atoms with van der Waals surface area (Å²) in [5.74, 6) is 0. The van der Waals surface area contributed by atoms with E-state index in [0.29, 0.717) is 0 Å². The van der Waals surface area contributed by atoms with Crippen LogP contribution in [0.3, 0.4) is 0 Å². The lowest BCUT2D eigenvalue weighted by Gasteiger charge is -2.11. The van der Waals surface area contributed by atoms with E-state index in [2.05, 4.69) is 32.7 Å². The van der Waals surface area contributed by atoms with Crippen molar-refractivity contribution in [3.63, 3.8) is 0 Å². The van der Waals surface area contributed by atoms with Crippen LogP contribution in [-0.4, -0.2) is 13.6 Å². The largest absolute Gasteiger partial charge is 0.304 e. The van der Waals surface area contributed by atoms with Crippen LogP contribution in [-0.2, 0) is 0 Å². The van der Waals surface area contributed by atoms with Gasteiger partial charge in [0.1, 0.15) is 5.69 Å². The molecule has 1 nitrogen and oxygen atoms in total. The molecule has 0 heterocycles. The molecule has 1 atom stereocenters. The molecule has 1 aromatic rings. The van der Waals surface area contributed by atoms with Gasteiger partial charge in [-0.3, -0.25) is 0 Å². The fourth-order valence-corrected chi connectivity index (χ4v) is 1.38. The molecule has 0 aliphatic heterocycles. The minimum Gasteiger partial charge on any atom is -0.304 e. The molecule has 0 aliphatic carbocycles. The number of hydrogen-bond donors (Lipinski definition) is 2. The van der Waals surface area contributed by atoms with Gasteiger partial charge in [-0.05, 0) is 13.0 Å². The Labute approximate surface area is 73.4 Å². The molecule has 60 valence electrons. The van der Waals surface area contributed by atoms with Crippen molar-refractivity contribution in [2.24, 2.45) is 0 Å². The second-order valence-electron chi connectivity index (χ2n) is 2.65. The van der Waals surface area contributed by atoms with Gasteiger partial charge < -0.3 is 4.90 Å². The minimum absolute atomic E-state index is 1.08. The van der Waals surface area contributed by atoms with Gasteiger partial charge in [0.25, 0.3) is 0 Å². The third-order valence-corrected chi connectivity index (χ3v) is 2.28. The lowest BCUT2D eigenvalue weighted by Crippen LogP contribution is -3.03. The molecule has 0 amide bonds. The zero-order valence-corrected chi connectivity index (χ0v) is 7.86. The molecule has 1 N–H and O–H groups in total. The Morgan fingerprint density at radius 3 is 2.55 bits per heavy atom. The van der Waals surface area contributed by atoms with Crippen LogP contribution in [0.25, 0.3) is 0 Å². The van der Waals surface area contributed by atoms with E-state index in [0.717, 1.165) is 11.4 Å². The first-order chi connectivity index (χ1) is 5.25. The minimum atomic E-state index is 1.08. The van der Waals surface area contributed by atoms with E-state index in [1.165, 1.54) is 10.6 Å². The number of para-hydroxylation sites is 1. The molecule has 1 aromatic carbocycles. The molecular weight excluding hydrogens is 154 g/mol. The van der Waals surface area contributed by atoms with Crippen LogP contribution >= 0.6 is 12.6 Å². The van der Waals surface area contributed by atoms with Gasteiger partial charge in [0.15, 0.2) is 0 Å². The van der Waals surface area contributed by atoms with Crippen molar-refractivity contribution in [1.29, 1.82) is 0 Å². The Bertz CT molecular complexity index is 235. The van der Waals surface area contributed by atoms with Gasteiger partial charge in [-0.15, -0.1) is 12.6 Å². The van der Waals surface area contributed by atoms with E-state index in [4.69, 9.17) is 0 Å². The molecule has 0 fully saturated rings. The monoisotopic (exact) mass is 168 g/mol. The van der Waals surface area contributed by atoms with E-state index in [1.807, 2.05) is 18.2 Å². The molecule has 1 rings (SSSR count). The maximum Gasteiger partial charge on any atom is 0.144 e. The van der Waals surface area contributed by atoms with Gasteiger partial charge in [0.2, 0.25) is 0 Å². The summed E-state index contributed by atoms with van der Waals surface area (Å²) in [6, 6.07) is 8.20. The number of rotatable bonds is 2. The van der Waals surface area contributed by atoms with Gasteiger partial charge in [0.05, 0.1) is 18.5 Å². The van der Waals surface area contributed by atoms with Crippen molar-refractivity contribution in [1.82, 2.24) is 0 Å². The van der Waals surface area contributed by atoms with Crippen LogP contribution in [0.4, 0.5) is 5.69 Å². The summed E-state index contributed by atoms with van der Waals surface area (Å²) in [6.45, 7) is 3.26. The highest BCUT2D eigenvalue weighted by molar-refractivity contribution is 7.80. The van der Waals surface area contributed by atoms with Crippen LogP contribution in [0.5, 0.6) is 0 Å². The molecule has 0 aliphatic rings. The second-order valence-corrected chi connectivity index (χ2v) is 3.13. The maximum absolute atomic E-state index is 4.37. The van der Waals surface area contributed by atoms with E-state index >= 15 is 0 Å². The Morgan fingerprint density at radius 1 is 1.36 bits per heavy atom. The predicted molar refractivity (Wildman–Crippen MR) is 50.8 cm³/mol. The normalized spacial score (nSPS) is 13.0. The number of quaternary nitrogens is 1. The Morgan fingerprint density at radius 2 is 2.00 bits per heavy atom. The summed E-state index contributed by atoms with van der Waals surface area (Å²) in [5, 5.41) is 0. The molecule has 11 heavy (non-hydrogen) atoms. The Hall–Kier alpha value is -0.470. The van der Waals surface area contributed by atoms with Crippen LogP contribution in [0.1, 0.15) is 6.92 Å². The van der Waals surface area contributed by atoms with Crippen molar-refractivity contribution in [2.75, 3.05) is 13.6 Å². The molecular formula is C9H14NS+. The lowest BCUT2D eigenvalue weighted by atomic mass is 10.3.